The van der Waals surface area contributed by atoms with Gasteiger partial charge in [-0.25, -0.2) is 0 Å². The zero-order valence-electron chi connectivity index (χ0n) is 16.6. The fraction of sp³-hybridized carbons (Fsp3) is 0.667. The van der Waals surface area contributed by atoms with E-state index in [1.54, 1.807) is 0 Å². The molecule has 0 bridgehead atoms. The molecule has 1 aromatic rings. The van der Waals surface area contributed by atoms with Gasteiger partial charge in [0.1, 0.15) is 0 Å². The first-order valence-corrected chi connectivity index (χ1v) is 10.2. The van der Waals surface area contributed by atoms with Crippen molar-refractivity contribution < 1.29 is 9.47 Å². The Balaban J connectivity index is 1.28. The maximum Gasteiger partial charge on any atom is 0.193 e. The highest BCUT2D eigenvalue weighted by Gasteiger charge is 2.19. The van der Waals surface area contributed by atoms with Crippen LogP contribution in [0.15, 0.2) is 35.3 Å². The molecule has 0 aliphatic carbocycles. The van der Waals surface area contributed by atoms with Crippen LogP contribution in [0.25, 0.3) is 0 Å². The Hall–Kier alpha value is -1.63. The average Bonchev–Trinajstić information content (AvgIpc) is 3.23. The van der Waals surface area contributed by atoms with Crippen LogP contribution in [-0.4, -0.2) is 82.0 Å². The van der Waals surface area contributed by atoms with Crippen molar-refractivity contribution in [3.05, 3.63) is 35.9 Å². The molecule has 2 aliphatic heterocycles. The van der Waals surface area contributed by atoms with E-state index >= 15 is 0 Å². The number of nitrogens with one attached hydrogen (secondary N) is 1. The highest BCUT2D eigenvalue weighted by Crippen LogP contribution is 2.12. The number of nitrogens with zero attached hydrogens (tertiary/aromatic N) is 3. The lowest BCUT2D eigenvalue weighted by Crippen LogP contribution is -2.52. The Morgan fingerprint density at radius 1 is 1.22 bits per heavy atom. The molecule has 27 heavy (non-hydrogen) atoms. The molecule has 6 nitrogen and oxygen atoms in total. The van der Waals surface area contributed by atoms with Gasteiger partial charge in [0.05, 0.1) is 13.2 Å². The smallest absolute Gasteiger partial charge is 0.193 e. The average molecular weight is 375 g/mol. The second-order valence-electron chi connectivity index (χ2n) is 7.38. The maximum absolute atomic E-state index is 5.77. The minimum absolute atomic E-state index is 0.595. The van der Waals surface area contributed by atoms with E-state index in [1.807, 2.05) is 7.05 Å². The highest BCUT2D eigenvalue weighted by atomic mass is 16.5. The summed E-state index contributed by atoms with van der Waals surface area (Å²) in [5.74, 6) is 1.61. The summed E-state index contributed by atoms with van der Waals surface area (Å²) in [4.78, 5) is 9.33. The Labute approximate surface area is 163 Å². The SMILES string of the molecule is CN=C(NCCCOCC1CCOC1)N1CCN(Cc2ccccc2)CC1. The maximum atomic E-state index is 5.77. The van der Waals surface area contributed by atoms with Gasteiger partial charge < -0.3 is 19.7 Å². The molecule has 150 valence electrons. The van der Waals surface area contributed by atoms with Crippen molar-refractivity contribution in [3.8, 4) is 0 Å². The predicted octanol–water partition coefficient (Wildman–Crippen LogP) is 1.82. The van der Waals surface area contributed by atoms with E-state index in [9.17, 15) is 0 Å². The summed E-state index contributed by atoms with van der Waals surface area (Å²) >= 11 is 0. The van der Waals surface area contributed by atoms with Crippen molar-refractivity contribution in [2.75, 3.05) is 66.2 Å². The summed E-state index contributed by atoms with van der Waals surface area (Å²) in [7, 11) is 1.87. The number of hydrogen-bond donors (Lipinski definition) is 1. The minimum atomic E-state index is 0.595. The Morgan fingerprint density at radius 2 is 2.04 bits per heavy atom. The summed E-state index contributed by atoms with van der Waals surface area (Å²) in [5.41, 5.74) is 1.39. The topological polar surface area (TPSA) is 49.3 Å². The van der Waals surface area contributed by atoms with Gasteiger partial charge in [-0.2, -0.15) is 0 Å². The first-order chi connectivity index (χ1) is 13.3. The van der Waals surface area contributed by atoms with Gasteiger partial charge in [0.15, 0.2) is 5.96 Å². The number of aliphatic imine (C=N–C) groups is 1. The van der Waals surface area contributed by atoms with E-state index < -0.39 is 0 Å². The fourth-order valence-corrected chi connectivity index (χ4v) is 3.63. The Kier molecular flexibility index (Phi) is 8.39. The van der Waals surface area contributed by atoms with E-state index in [1.165, 1.54) is 5.56 Å². The van der Waals surface area contributed by atoms with Gasteiger partial charge in [-0.3, -0.25) is 9.89 Å². The van der Waals surface area contributed by atoms with E-state index in [4.69, 9.17) is 9.47 Å². The monoisotopic (exact) mass is 374 g/mol. The predicted molar refractivity (Wildman–Crippen MR) is 109 cm³/mol. The molecule has 1 aromatic carbocycles. The lowest BCUT2D eigenvalue weighted by atomic mass is 10.1. The second-order valence-corrected chi connectivity index (χ2v) is 7.38. The van der Waals surface area contributed by atoms with E-state index in [0.29, 0.717) is 5.92 Å². The van der Waals surface area contributed by atoms with Crippen LogP contribution in [0.2, 0.25) is 0 Å². The summed E-state index contributed by atoms with van der Waals surface area (Å²) in [5, 5.41) is 3.48. The van der Waals surface area contributed by atoms with Gasteiger partial charge in [-0.1, -0.05) is 30.3 Å². The third-order valence-electron chi connectivity index (χ3n) is 5.26. The van der Waals surface area contributed by atoms with Crippen LogP contribution in [0.3, 0.4) is 0 Å². The Morgan fingerprint density at radius 3 is 2.74 bits per heavy atom. The lowest BCUT2D eigenvalue weighted by molar-refractivity contribution is 0.0886. The summed E-state index contributed by atoms with van der Waals surface area (Å²) in [6.45, 7) is 9.50. The van der Waals surface area contributed by atoms with E-state index in [2.05, 4.69) is 50.4 Å². The minimum Gasteiger partial charge on any atom is -0.381 e. The number of guanidine groups is 1. The van der Waals surface area contributed by atoms with Crippen LogP contribution in [-0.2, 0) is 16.0 Å². The van der Waals surface area contributed by atoms with E-state index in [0.717, 1.165) is 84.5 Å². The van der Waals surface area contributed by atoms with Crippen LogP contribution < -0.4 is 5.32 Å². The molecular formula is C21H34N4O2. The van der Waals surface area contributed by atoms with Gasteiger partial charge in [0.25, 0.3) is 0 Å². The largest absolute Gasteiger partial charge is 0.381 e. The third-order valence-corrected chi connectivity index (χ3v) is 5.26. The second kappa shape index (κ2) is 11.3. The van der Waals surface area contributed by atoms with Gasteiger partial charge >= 0.3 is 0 Å². The molecule has 2 fully saturated rings. The van der Waals surface area contributed by atoms with Gasteiger partial charge in [0.2, 0.25) is 0 Å². The molecule has 0 amide bonds. The summed E-state index contributed by atoms with van der Waals surface area (Å²) in [6, 6.07) is 10.7. The summed E-state index contributed by atoms with van der Waals surface area (Å²) in [6.07, 6.45) is 2.14. The van der Waals surface area contributed by atoms with Crippen LogP contribution in [0.1, 0.15) is 18.4 Å². The number of ether oxygens (including phenoxy) is 2. The molecule has 6 heteroatoms. The van der Waals surface area contributed by atoms with Crippen LogP contribution >= 0.6 is 0 Å². The fourth-order valence-electron chi connectivity index (χ4n) is 3.63. The van der Waals surface area contributed by atoms with Crippen LogP contribution in [0.5, 0.6) is 0 Å². The normalized spacial score (nSPS) is 21.6. The van der Waals surface area contributed by atoms with Crippen molar-refractivity contribution in [1.29, 1.82) is 0 Å². The van der Waals surface area contributed by atoms with E-state index in [-0.39, 0.29) is 0 Å². The molecule has 2 aliphatic rings. The molecule has 2 heterocycles. The van der Waals surface area contributed by atoms with Crippen molar-refractivity contribution in [2.24, 2.45) is 10.9 Å². The standard InChI is InChI=1S/C21H34N4O2/c1-22-21(23-9-5-14-26-17-20-8-15-27-18-20)25-12-10-24(11-13-25)16-19-6-3-2-4-7-19/h2-4,6-7,20H,5,8-18H2,1H3,(H,22,23). The molecule has 1 atom stereocenters. The first kappa shape index (κ1) is 20.1. The van der Waals surface area contributed by atoms with Crippen molar-refractivity contribution in [3.63, 3.8) is 0 Å². The van der Waals surface area contributed by atoms with Crippen LogP contribution in [0.4, 0.5) is 0 Å². The molecule has 0 aromatic heterocycles. The molecule has 2 saturated heterocycles. The molecule has 1 N–H and O–H groups in total. The third kappa shape index (κ3) is 6.79. The van der Waals surface area contributed by atoms with Crippen molar-refractivity contribution >= 4 is 5.96 Å². The van der Waals surface area contributed by atoms with Crippen molar-refractivity contribution in [2.45, 2.75) is 19.4 Å². The number of piperazine rings is 1. The number of benzene rings is 1. The molecule has 0 saturated carbocycles. The number of rotatable bonds is 8. The quantitative estimate of drug-likeness (QED) is 0.427. The molecule has 1 unspecified atom stereocenters. The zero-order chi connectivity index (χ0) is 18.7. The van der Waals surface area contributed by atoms with Gasteiger partial charge in [0, 0.05) is 65.4 Å². The zero-order valence-corrected chi connectivity index (χ0v) is 16.6. The van der Waals surface area contributed by atoms with Gasteiger partial charge in [-0.15, -0.1) is 0 Å². The molecule has 3 rings (SSSR count). The molecule has 0 radical (unpaired) electrons. The number of hydrogen-bond acceptors (Lipinski definition) is 4. The van der Waals surface area contributed by atoms with Crippen LogP contribution in [0, 0.1) is 5.92 Å². The summed E-state index contributed by atoms with van der Waals surface area (Å²) < 4.78 is 11.1. The van der Waals surface area contributed by atoms with Crippen molar-refractivity contribution in [1.82, 2.24) is 15.1 Å². The Bertz CT molecular complexity index is 553. The highest BCUT2D eigenvalue weighted by molar-refractivity contribution is 5.79. The van der Waals surface area contributed by atoms with Gasteiger partial charge in [-0.05, 0) is 18.4 Å². The molecule has 0 spiro atoms. The lowest BCUT2D eigenvalue weighted by Gasteiger charge is -2.36. The molecular weight excluding hydrogens is 340 g/mol. The first-order valence-electron chi connectivity index (χ1n) is 10.2.